The maximum Gasteiger partial charge on any atom is 0.339 e. The Labute approximate surface area is 112 Å². The first-order valence-electron chi connectivity index (χ1n) is 6.30. The van der Waals surface area contributed by atoms with Crippen molar-refractivity contribution in [3.63, 3.8) is 0 Å². The van der Waals surface area contributed by atoms with Gasteiger partial charge < -0.3 is 20.1 Å². The van der Waals surface area contributed by atoms with E-state index in [2.05, 4.69) is 22.2 Å². The number of carbonyl (C=O) groups is 1. The molecule has 0 amide bonds. The molecule has 1 aromatic heterocycles. The minimum absolute atomic E-state index is 0.0777. The molecule has 104 valence electrons. The highest BCUT2D eigenvalue weighted by Crippen LogP contribution is 2.16. The molecule has 1 aliphatic heterocycles. The number of carboxylic acids is 1. The summed E-state index contributed by atoms with van der Waals surface area (Å²) in [4.78, 5) is 17.3. The Hall–Kier alpha value is -1.66. The Morgan fingerprint density at radius 2 is 2.47 bits per heavy atom. The van der Waals surface area contributed by atoms with E-state index in [1.165, 1.54) is 6.20 Å². The van der Waals surface area contributed by atoms with Gasteiger partial charge in [-0.15, -0.1) is 0 Å². The molecule has 2 N–H and O–H groups in total. The average molecular weight is 265 g/mol. The highest BCUT2D eigenvalue weighted by atomic mass is 16.5. The first-order valence-corrected chi connectivity index (χ1v) is 6.30. The van der Waals surface area contributed by atoms with E-state index in [-0.39, 0.29) is 11.7 Å². The Morgan fingerprint density at radius 3 is 3.16 bits per heavy atom. The molecule has 19 heavy (non-hydrogen) atoms. The molecule has 1 saturated heterocycles. The van der Waals surface area contributed by atoms with Crippen molar-refractivity contribution >= 4 is 11.7 Å². The Morgan fingerprint density at radius 1 is 1.68 bits per heavy atom. The van der Waals surface area contributed by atoms with Gasteiger partial charge in [0.15, 0.2) is 0 Å². The number of morpholine rings is 1. The summed E-state index contributed by atoms with van der Waals surface area (Å²) in [6.07, 6.45) is 1.46. The number of aromatic nitrogens is 1. The van der Waals surface area contributed by atoms with Crippen LogP contribution in [0.15, 0.2) is 12.3 Å². The minimum atomic E-state index is -0.975. The quantitative estimate of drug-likeness (QED) is 0.840. The van der Waals surface area contributed by atoms with E-state index in [1.807, 2.05) is 6.92 Å². The number of rotatable bonds is 4. The van der Waals surface area contributed by atoms with Gasteiger partial charge in [0, 0.05) is 31.5 Å². The Kier molecular flexibility index (Phi) is 4.34. The molecule has 1 aromatic rings. The number of pyridine rings is 1. The van der Waals surface area contributed by atoms with E-state index in [1.54, 1.807) is 6.07 Å². The second-order valence-corrected chi connectivity index (χ2v) is 4.81. The first kappa shape index (κ1) is 13.8. The molecule has 0 bridgehead atoms. The number of nitrogens with zero attached hydrogens (tertiary/aromatic N) is 2. The molecule has 2 heterocycles. The lowest BCUT2D eigenvalue weighted by Crippen LogP contribution is -2.43. The number of anilines is 1. The maximum absolute atomic E-state index is 11.1. The molecule has 1 unspecified atom stereocenters. The lowest BCUT2D eigenvalue weighted by Gasteiger charge is -2.30. The van der Waals surface area contributed by atoms with Gasteiger partial charge in [0.2, 0.25) is 0 Å². The monoisotopic (exact) mass is 265 g/mol. The van der Waals surface area contributed by atoms with Crippen molar-refractivity contribution in [1.82, 2.24) is 9.88 Å². The van der Waals surface area contributed by atoms with Crippen molar-refractivity contribution in [2.45, 2.75) is 13.0 Å². The molecule has 6 nitrogen and oxygen atoms in total. The predicted molar refractivity (Wildman–Crippen MR) is 71.7 cm³/mol. The topological polar surface area (TPSA) is 74.7 Å². The van der Waals surface area contributed by atoms with Crippen molar-refractivity contribution in [2.75, 3.05) is 38.6 Å². The lowest BCUT2D eigenvalue weighted by molar-refractivity contribution is -0.0117. The third kappa shape index (κ3) is 3.65. The van der Waals surface area contributed by atoms with Crippen LogP contribution in [0.2, 0.25) is 0 Å². The fourth-order valence-electron chi connectivity index (χ4n) is 2.09. The van der Waals surface area contributed by atoms with Gasteiger partial charge in [-0.25, -0.2) is 4.79 Å². The number of carboxylic acid groups (broad SMARTS) is 1. The number of ether oxygens (including phenoxy) is 1. The molecule has 6 heteroatoms. The number of likely N-dealkylation sites (N-methyl/N-ethyl adjacent to an activating group) is 1. The van der Waals surface area contributed by atoms with Crippen LogP contribution in [0.4, 0.5) is 5.69 Å². The van der Waals surface area contributed by atoms with Gasteiger partial charge in [-0.2, -0.15) is 0 Å². The number of nitrogens with one attached hydrogen (secondary N) is 1. The van der Waals surface area contributed by atoms with Crippen LogP contribution in [-0.4, -0.2) is 60.4 Å². The second-order valence-electron chi connectivity index (χ2n) is 4.81. The molecule has 1 fully saturated rings. The molecular weight excluding hydrogens is 246 g/mol. The average Bonchev–Trinajstić information content (AvgIpc) is 2.36. The zero-order chi connectivity index (χ0) is 13.8. The van der Waals surface area contributed by atoms with E-state index in [4.69, 9.17) is 9.84 Å². The number of hydrogen-bond acceptors (Lipinski definition) is 5. The molecule has 0 aliphatic carbocycles. The summed E-state index contributed by atoms with van der Waals surface area (Å²) < 4.78 is 5.63. The van der Waals surface area contributed by atoms with Gasteiger partial charge in [-0.05, 0) is 20.0 Å². The number of hydrogen-bond donors (Lipinski definition) is 2. The zero-order valence-corrected chi connectivity index (χ0v) is 11.2. The third-order valence-electron chi connectivity index (χ3n) is 3.13. The van der Waals surface area contributed by atoms with Crippen molar-refractivity contribution in [3.8, 4) is 0 Å². The summed E-state index contributed by atoms with van der Waals surface area (Å²) in [7, 11) is 2.05. The molecule has 0 saturated carbocycles. The second kappa shape index (κ2) is 5.99. The van der Waals surface area contributed by atoms with E-state index in [9.17, 15) is 4.79 Å². The van der Waals surface area contributed by atoms with Crippen molar-refractivity contribution in [2.24, 2.45) is 0 Å². The molecule has 1 atom stereocenters. The van der Waals surface area contributed by atoms with Gasteiger partial charge >= 0.3 is 5.97 Å². The molecular formula is C13H19N3O3. The van der Waals surface area contributed by atoms with E-state index in [0.29, 0.717) is 18.8 Å². The molecule has 1 aliphatic rings. The van der Waals surface area contributed by atoms with Gasteiger partial charge in [0.1, 0.15) is 5.56 Å². The fourth-order valence-corrected chi connectivity index (χ4v) is 2.09. The van der Waals surface area contributed by atoms with Crippen molar-refractivity contribution in [3.05, 3.63) is 23.5 Å². The van der Waals surface area contributed by atoms with Gasteiger partial charge in [-0.3, -0.25) is 4.98 Å². The SMILES string of the molecule is Cc1cc(NCC2CN(C)CCO2)c(C(=O)O)cn1. The normalized spacial score (nSPS) is 20.2. The van der Waals surface area contributed by atoms with Crippen LogP contribution in [0.3, 0.4) is 0 Å². The van der Waals surface area contributed by atoms with Crippen molar-refractivity contribution in [1.29, 1.82) is 0 Å². The molecule has 0 radical (unpaired) electrons. The summed E-state index contributed by atoms with van der Waals surface area (Å²) in [5.41, 5.74) is 1.57. The summed E-state index contributed by atoms with van der Waals surface area (Å²) in [5, 5.41) is 12.3. The largest absolute Gasteiger partial charge is 0.478 e. The standard InChI is InChI=1S/C13H19N3O3/c1-9-5-12(11(7-14-9)13(17)18)15-6-10-8-16(2)3-4-19-10/h5,7,10H,3-4,6,8H2,1-2H3,(H,14,15)(H,17,18). The van der Waals surface area contributed by atoms with Gasteiger partial charge in [0.25, 0.3) is 0 Å². The van der Waals surface area contributed by atoms with Crippen LogP contribution in [0.1, 0.15) is 16.1 Å². The van der Waals surface area contributed by atoms with Crippen LogP contribution < -0.4 is 5.32 Å². The lowest BCUT2D eigenvalue weighted by atomic mass is 10.2. The summed E-state index contributed by atoms with van der Waals surface area (Å²) in [5.74, 6) is -0.975. The number of aryl methyl sites for hydroxylation is 1. The highest BCUT2D eigenvalue weighted by molar-refractivity contribution is 5.93. The van der Waals surface area contributed by atoms with Crippen LogP contribution in [0.25, 0.3) is 0 Å². The number of aromatic carboxylic acids is 1. The third-order valence-corrected chi connectivity index (χ3v) is 3.13. The minimum Gasteiger partial charge on any atom is -0.478 e. The first-order chi connectivity index (χ1) is 9.06. The van der Waals surface area contributed by atoms with E-state index >= 15 is 0 Å². The van der Waals surface area contributed by atoms with Crippen LogP contribution >= 0.6 is 0 Å². The smallest absolute Gasteiger partial charge is 0.339 e. The summed E-state index contributed by atoms with van der Waals surface area (Å²) >= 11 is 0. The molecule has 2 rings (SSSR count). The summed E-state index contributed by atoms with van der Waals surface area (Å²) in [6.45, 7) is 4.92. The summed E-state index contributed by atoms with van der Waals surface area (Å²) in [6, 6.07) is 1.75. The van der Waals surface area contributed by atoms with Crippen LogP contribution in [0.5, 0.6) is 0 Å². The maximum atomic E-state index is 11.1. The van der Waals surface area contributed by atoms with Gasteiger partial charge in [0.05, 0.1) is 18.4 Å². The zero-order valence-electron chi connectivity index (χ0n) is 11.2. The Bertz CT molecular complexity index is 464. The van der Waals surface area contributed by atoms with Gasteiger partial charge in [-0.1, -0.05) is 0 Å². The molecule has 0 spiro atoms. The van der Waals surface area contributed by atoms with Crippen LogP contribution in [-0.2, 0) is 4.74 Å². The van der Waals surface area contributed by atoms with Crippen LogP contribution in [0, 0.1) is 6.92 Å². The highest BCUT2D eigenvalue weighted by Gasteiger charge is 2.18. The van der Waals surface area contributed by atoms with E-state index < -0.39 is 5.97 Å². The van der Waals surface area contributed by atoms with Crippen molar-refractivity contribution < 1.29 is 14.6 Å². The van der Waals surface area contributed by atoms with E-state index in [0.717, 1.165) is 18.8 Å². The molecule has 0 aromatic carbocycles. The fraction of sp³-hybridized carbons (Fsp3) is 0.538. The predicted octanol–water partition coefficient (Wildman–Crippen LogP) is 0.831. The Balaban J connectivity index is 2.02.